The van der Waals surface area contributed by atoms with Crippen molar-refractivity contribution < 1.29 is 9.18 Å². The molecule has 0 aliphatic heterocycles. The third kappa shape index (κ3) is 3.47. The van der Waals surface area contributed by atoms with Crippen molar-refractivity contribution in [2.24, 2.45) is 7.05 Å². The minimum Gasteiger partial charge on any atom is -0.324 e. The zero-order chi connectivity index (χ0) is 15.5. The fourth-order valence-electron chi connectivity index (χ4n) is 2.16. The predicted molar refractivity (Wildman–Crippen MR) is 83.3 cm³/mol. The fourth-order valence-corrected chi connectivity index (χ4v) is 3.01. The van der Waals surface area contributed by atoms with Gasteiger partial charge in [0.2, 0.25) is 5.91 Å². The maximum atomic E-state index is 13.4. The summed E-state index contributed by atoms with van der Waals surface area (Å²) in [5, 5.41) is 11.7. The highest BCUT2D eigenvalue weighted by Crippen LogP contribution is 2.39. The van der Waals surface area contributed by atoms with Crippen LogP contribution in [0.1, 0.15) is 31.0 Å². The van der Waals surface area contributed by atoms with E-state index in [9.17, 15) is 9.18 Å². The first kappa shape index (κ1) is 15.0. The van der Waals surface area contributed by atoms with E-state index in [1.54, 1.807) is 18.2 Å². The number of nitrogens with one attached hydrogen (secondary N) is 1. The van der Waals surface area contributed by atoms with Gasteiger partial charge >= 0.3 is 0 Å². The number of amides is 1. The molecule has 1 heterocycles. The normalized spacial score (nSPS) is 14.1. The standard InChI is InChI=1S/C15H17FN4OS/c1-20-14(10-6-7-10)18-19-15(20)22-9-8-13(21)17-12-5-3-2-4-11(12)16/h2-5,10H,6-9H2,1H3,(H,17,21). The van der Waals surface area contributed by atoms with E-state index in [2.05, 4.69) is 15.5 Å². The molecule has 0 atom stereocenters. The van der Waals surface area contributed by atoms with Crippen molar-refractivity contribution >= 4 is 23.4 Å². The molecule has 5 nitrogen and oxygen atoms in total. The highest BCUT2D eigenvalue weighted by Gasteiger charge is 2.29. The number of carbonyl (C=O) groups excluding carboxylic acids is 1. The summed E-state index contributed by atoms with van der Waals surface area (Å²) in [6, 6.07) is 6.15. The number of benzene rings is 1. The molecule has 1 aromatic carbocycles. The summed E-state index contributed by atoms with van der Waals surface area (Å²) in [7, 11) is 1.95. The number of para-hydroxylation sites is 1. The van der Waals surface area contributed by atoms with Crippen molar-refractivity contribution in [3.63, 3.8) is 0 Å². The first-order chi connectivity index (χ1) is 10.6. The average molecular weight is 320 g/mol. The van der Waals surface area contributed by atoms with Gasteiger partial charge in [0, 0.05) is 25.1 Å². The van der Waals surface area contributed by atoms with Crippen LogP contribution in [0.25, 0.3) is 0 Å². The number of carbonyl (C=O) groups is 1. The van der Waals surface area contributed by atoms with Crippen LogP contribution in [0.2, 0.25) is 0 Å². The van der Waals surface area contributed by atoms with E-state index in [0.717, 1.165) is 11.0 Å². The zero-order valence-electron chi connectivity index (χ0n) is 12.3. The van der Waals surface area contributed by atoms with Gasteiger partial charge in [-0.25, -0.2) is 4.39 Å². The molecule has 1 aromatic heterocycles. The van der Waals surface area contributed by atoms with Crippen molar-refractivity contribution in [1.29, 1.82) is 0 Å². The van der Waals surface area contributed by atoms with Crippen LogP contribution < -0.4 is 5.32 Å². The second kappa shape index (κ2) is 6.48. The Morgan fingerprint density at radius 3 is 2.91 bits per heavy atom. The van der Waals surface area contributed by atoms with Gasteiger partial charge in [-0.05, 0) is 25.0 Å². The van der Waals surface area contributed by atoms with Crippen LogP contribution in [-0.2, 0) is 11.8 Å². The van der Waals surface area contributed by atoms with Crippen LogP contribution in [0.5, 0.6) is 0 Å². The molecule has 22 heavy (non-hydrogen) atoms. The number of aromatic nitrogens is 3. The number of thioether (sulfide) groups is 1. The highest BCUT2D eigenvalue weighted by molar-refractivity contribution is 7.99. The molecule has 2 aromatic rings. The smallest absolute Gasteiger partial charge is 0.225 e. The molecule has 0 radical (unpaired) electrons. The van der Waals surface area contributed by atoms with Crippen molar-refractivity contribution in [3.05, 3.63) is 35.9 Å². The van der Waals surface area contributed by atoms with Crippen molar-refractivity contribution in [2.45, 2.75) is 30.3 Å². The van der Waals surface area contributed by atoms with Crippen molar-refractivity contribution in [3.8, 4) is 0 Å². The molecule has 116 valence electrons. The molecule has 1 aliphatic carbocycles. The Bertz CT molecular complexity index is 684. The van der Waals surface area contributed by atoms with Gasteiger partial charge in [-0.15, -0.1) is 10.2 Å². The molecule has 7 heteroatoms. The minimum atomic E-state index is -0.425. The molecule has 0 unspecified atom stereocenters. The summed E-state index contributed by atoms with van der Waals surface area (Å²) < 4.78 is 15.4. The van der Waals surface area contributed by atoms with Gasteiger partial charge in [0.05, 0.1) is 5.69 Å². The Hall–Kier alpha value is -1.89. The summed E-state index contributed by atoms with van der Waals surface area (Å²) >= 11 is 1.49. The van der Waals surface area contributed by atoms with E-state index in [1.807, 2.05) is 11.6 Å². The summed E-state index contributed by atoms with van der Waals surface area (Å²) in [6.45, 7) is 0. The largest absolute Gasteiger partial charge is 0.324 e. The molecule has 1 aliphatic rings. The molecule has 1 N–H and O–H groups in total. The molecule has 0 saturated heterocycles. The molecule has 1 amide bonds. The summed E-state index contributed by atoms with van der Waals surface area (Å²) in [6.07, 6.45) is 2.66. The van der Waals surface area contributed by atoms with Gasteiger partial charge in [0.1, 0.15) is 11.6 Å². The highest BCUT2D eigenvalue weighted by atomic mass is 32.2. The van der Waals surface area contributed by atoms with Crippen LogP contribution in [-0.4, -0.2) is 26.4 Å². The van der Waals surface area contributed by atoms with Crippen LogP contribution in [0.15, 0.2) is 29.4 Å². The second-order valence-corrected chi connectivity index (χ2v) is 6.36. The molecule has 0 spiro atoms. The van der Waals surface area contributed by atoms with Crippen LogP contribution >= 0.6 is 11.8 Å². The number of anilines is 1. The topological polar surface area (TPSA) is 59.8 Å². The number of hydrogen-bond donors (Lipinski definition) is 1. The van der Waals surface area contributed by atoms with Gasteiger partial charge in [0.15, 0.2) is 5.16 Å². The Morgan fingerprint density at radius 1 is 1.41 bits per heavy atom. The molecular formula is C15H17FN4OS. The molecule has 1 fully saturated rings. The molecular weight excluding hydrogens is 303 g/mol. The van der Waals surface area contributed by atoms with Gasteiger partial charge in [-0.3, -0.25) is 4.79 Å². The first-order valence-electron chi connectivity index (χ1n) is 7.21. The fraction of sp³-hybridized carbons (Fsp3) is 0.400. The van der Waals surface area contributed by atoms with Crippen molar-refractivity contribution in [1.82, 2.24) is 14.8 Å². The van der Waals surface area contributed by atoms with E-state index < -0.39 is 5.82 Å². The van der Waals surface area contributed by atoms with Crippen LogP contribution in [0, 0.1) is 5.82 Å². The predicted octanol–water partition coefficient (Wildman–Crippen LogP) is 2.95. The van der Waals surface area contributed by atoms with Gasteiger partial charge in [0.25, 0.3) is 0 Å². The Labute approximate surface area is 132 Å². The lowest BCUT2D eigenvalue weighted by molar-refractivity contribution is -0.115. The van der Waals surface area contributed by atoms with E-state index in [-0.39, 0.29) is 11.6 Å². The Balaban J connectivity index is 1.48. The van der Waals surface area contributed by atoms with Crippen molar-refractivity contribution in [2.75, 3.05) is 11.1 Å². The molecule has 0 bridgehead atoms. The number of nitrogens with zero attached hydrogens (tertiary/aromatic N) is 3. The summed E-state index contributed by atoms with van der Waals surface area (Å²) in [4.78, 5) is 11.8. The Morgan fingerprint density at radius 2 is 2.18 bits per heavy atom. The van der Waals surface area contributed by atoms with Crippen LogP contribution in [0.4, 0.5) is 10.1 Å². The van der Waals surface area contributed by atoms with Gasteiger partial charge < -0.3 is 9.88 Å². The van der Waals surface area contributed by atoms with Gasteiger partial charge in [-0.2, -0.15) is 0 Å². The van der Waals surface area contributed by atoms with Gasteiger partial charge in [-0.1, -0.05) is 23.9 Å². The zero-order valence-corrected chi connectivity index (χ0v) is 13.1. The summed E-state index contributed by atoms with van der Waals surface area (Å²) in [5.41, 5.74) is 0.215. The van der Waals surface area contributed by atoms with E-state index >= 15 is 0 Å². The lowest BCUT2D eigenvalue weighted by Gasteiger charge is -2.06. The number of hydrogen-bond acceptors (Lipinski definition) is 4. The maximum absolute atomic E-state index is 13.4. The Kier molecular flexibility index (Phi) is 4.42. The second-order valence-electron chi connectivity index (χ2n) is 5.30. The number of rotatable bonds is 6. The lowest BCUT2D eigenvalue weighted by atomic mass is 10.3. The van der Waals surface area contributed by atoms with E-state index in [0.29, 0.717) is 18.1 Å². The third-order valence-corrected chi connectivity index (χ3v) is 4.54. The average Bonchev–Trinajstić information content (AvgIpc) is 3.27. The van der Waals surface area contributed by atoms with E-state index in [1.165, 1.54) is 30.7 Å². The van der Waals surface area contributed by atoms with E-state index in [4.69, 9.17) is 0 Å². The minimum absolute atomic E-state index is 0.206. The lowest BCUT2D eigenvalue weighted by Crippen LogP contribution is -2.13. The molecule has 1 saturated carbocycles. The number of halogens is 1. The quantitative estimate of drug-likeness (QED) is 0.831. The third-order valence-electron chi connectivity index (χ3n) is 3.52. The first-order valence-corrected chi connectivity index (χ1v) is 8.20. The maximum Gasteiger partial charge on any atom is 0.225 e. The SMILES string of the molecule is Cn1c(SCCC(=O)Nc2ccccc2F)nnc1C1CC1. The summed E-state index contributed by atoms with van der Waals surface area (Å²) in [5.74, 6) is 1.53. The van der Waals surface area contributed by atoms with Crippen LogP contribution in [0.3, 0.4) is 0 Å². The molecule has 3 rings (SSSR count). The monoisotopic (exact) mass is 320 g/mol.